The van der Waals surface area contributed by atoms with Crippen molar-refractivity contribution in [2.45, 2.75) is 44.9 Å². The number of nitrogens with zero attached hydrogens (tertiary/aromatic N) is 1. The summed E-state index contributed by atoms with van der Waals surface area (Å²) < 4.78 is 5.41. The van der Waals surface area contributed by atoms with E-state index >= 15 is 0 Å². The number of hydrogen-bond acceptors (Lipinski definition) is 2. The van der Waals surface area contributed by atoms with Gasteiger partial charge in [0.1, 0.15) is 0 Å². The summed E-state index contributed by atoms with van der Waals surface area (Å²) in [7, 11) is 0. The highest BCUT2D eigenvalue weighted by molar-refractivity contribution is 6.18. The van der Waals surface area contributed by atoms with Crippen molar-refractivity contribution in [3.63, 3.8) is 0 Å². The number of hydrogen-bond donors (Lipinski definition) is 0. The maximum Gasteiger partial charge on any atom is 0.254 e. The molecule has 2 heterocycles. The third kappa shape index (κ3) is 2.70. The van der Waals surface area contributed by atoms with Gasteiger partial charge >= 0.3 is 0 Å². The number of likely N-dealkylation sites (tertiary alicyclic amines) is 1. The number of benzene rings is 1. The maximum atomic E-state index is 12.7. The molecule has 0 aromatic heterocycles. The van der Waals surface area contributed by atoms with Gasteiger partial charge in [-0.3, -0.25) is 4.79 Å². The second-order valence-corrected chi connectivity index (χ2v) is 5.94. The Bertz CT molecular complexity index is 503. The Hall–Kier alpha value is -1.06. The van der Waals surface area contributed by atoms with Crippen molar-refractivity contribution in [1.82, 2.24) is 4.90 Å². The van der Waals surface area contributed by atoms with Crippen molar-refractivity contribution < 1.29 is 9.53 Å². The minimum Gasteiger partial charge on any atom is -0.372 e. The van der Waals surface area contributed by atoms with Crippen LogP contribution in [0.15, 0.2) is 18.2 Å². The van der Waals surface area contributed by atoms with Crippen LogP contribution in [0.4, 0.5) is 0 Å². The summed E-state index contributed by atoms with van der Waals surface area (Å²) in [6.45, 7) is 2.11. The van der Waals surface area contributed by atoms with Crippen LogP contribution >= 0.6 is 11.6 Å². The van der Waals surface area contributed by atoms with E-state index in [-0.39, 0.29) is 11.9 Å². The lowest BCUT2D eigenvalue weighted by Crippen LogP contribution is -2.41. The molecular weight excluding hydrogens is 274 g/mol. The molecular formula is C16H20ClNO2. The second-order valence-electron chi connectivity index (χ2n) is 5.63. The van der Waals surface area contributed by atoms with Crippen molar-refractivity contribution in [3.05, 3.63) is 34.9 Å². The minimum absolute atomic E-state index is 0.118. The molecule has 1 aromatic rings. The van der Waals surface area contributed by atoms with Crippen molar-refractivity contribution in [3.8, 4) is 0 Å². The summed E-state index contributed by atoms with van der Waals surface area (Å²) in [6.07, 6.45) is 4.45. The van der Waals surface area contributed by atoms with E-state index < -0.39 is 0 Å². The number of fused-ring (bicyclic) bond motifs is 1. The lowest BCUT2D eigenvalue weighted by atomic mass is 10.0. The number of amides is 1. The van der Waals surface area contributed by atoms with Gasteiger partial charge in [0.05, 0.1) is 13.2 Å². The molecule has 0 spiro atoms. The minimum atomic E-state index is 0.118. The van der Waals surface area contributed by atoms with Gasteiger partial charge in [0.2, 0.25) is 0 Å². The van der Waals surface area contributed by atoms with Crippen molar-refractivity contribution in [1.29, 1.82) is 0 Å². The molecule has 2 aliphatic heterocycles. The average molecular weight is 294 g/mol. The Labute approximate surface area is 124 Å². The summed E-state index contributed by atoms with van der Waals surface area (Å²) in [4.78, 5) is 14.7. The van der Waals surface area contributed by atoms with Crippen LogP contribution in [0, 0.1) is 0 Å². The number of alkyl halides is 1. The average Bonchev–Trinajstić information content (AvgIpc) is 2.81. The fourth-order valence-corrected chi connectivity index (χ4v) is 3.40. The van der Waals surface area contributed by atoms with Gasteiger partial charge in [-0.2, -0.15) is 0 Å². The van der Waals surface area contributed by atoms with Gasteiger partial charge in [-0.05, 0) is 36.1 Å². The zero-order chi connectivity index (χ0) is 13.9. The van der Waals surface area contributed by atoms with Crippen molar-refractivity contribution in [2.24, 2.45) is 0 Å². The van der Waals surface area contributed by atoms with Crippen LogP contribution in [0.3, 0.4) is 0 Å². The molecule has 1 saturated heterocycles. The van der Waals surface area contributed by atoms with Gasteiger partial charge in [-0.15, -0.1) is 11.6 Å². The van der Waals surface area contributed by atoms with Gasteiger partial charge in [-0.25, -0.2) is 0 Å². The predicted molar refractivity (Wildman–Crippen MR) is 78.9 cm³/mol. The molecule has 1 unspecified atom stereocenters. The molecule has 2 aliphatic rings. The highest BCUT2D eigenvalue weighted by Crippen LogP contribution is 2.24. The summed E-state index contributed by atoms with van der Waals surface area (Å²) >= 11 is 6.06. The molecule has 0 saturated carbocycles. The van der Waals surface area contributed by atoms with E-state index in [2.05, 4.69) is 0 Å². The maximum absolute atomic E-state index is 12.7. The zero-order valence-corrected chi connectivity index (χ0v) is 12.4. The van der Waals surface area contributed by atoms with E-state index in [0.29, 0.717) is 19.1 Å². The van der Waals surface area contributed by atoms with Crippen LogP contribution < -0.4 is 0 Å². The van der Waals surface area contributed by atoms with Crippen LogP contribution in [0.2, 0.25) is 0 Å². The molecule has 4 heteroatoms. The third-order valence-corrected chi connectivity index (χ3v) is 4.64. The van der Waals surface area contributed by atoms with Gasteiger partial charge in [-0.1, -0.05) is 18.9 Å². The number of carbonyl (C=O) groups is 1. The van der Waals surface area contributed by atoms with E-state index in [0.717, 1.165) is 30.5 Å². The molecule has 0 radical (unpaired) electrons. The highest BCUT2D eigenvalue weighted by Gasteiger charge is 2.26. The van der Waals surface area contributed by atoms with Gasteiger partial charge < -0.3 is 9.64 Å². The fourth-order valence-electron chi connectivity index (χ4n) is 3.08. The third-order valence-electron chi connectivity index (χ3n) is 4.28. The number of halogens is 1. The van der Waals surface area contributed by atoms with Gasteiger partial charge in [0.15, 0.2) is 0 Å². The fraction of sp³-hybridized carbons (Fsp3) is 0.562. The summed E-state index contributed by atoms with van der Waals surface area (Å²) in [5.74, 6) is 0.645. The zero-order valence-electron chi connectivity index (χ0n) is 11.6. The lowest BCUT2D eigenvalue weighted by molar-refractivity contribution is 0.0700. The first-order valence-electron chi connectivity index (χ1n) is 7.36. The molecule has 3 rings (SSSR count). The molecule has 1 atom stereocenters. The monoisotopic (exact) mass is 293 g/mol. The SMILES string of the molecule is O=C(c1ccc2c(c1)COC2)N1CCCCCC1CCl. The second kappa shape index (κ2) is 6.15. The van der Waals surface area contributed by atoms with Gasteiger partial charge in [0.25, 0.3) is 5.91 Å². The van der Waals surface area contributed by atoms with E-state index in [1.54, 1.807) is 0 Å². The quantitative estimate of drug-likeness (QED) is 0.783. The summed E-state index contributed by atoms with van der Waals surface area (Å²) in [6, 6.07) is 6.10. The Balaban J connectivity index is 1.83. The Kier molecular flexibility index (Phi) is 4.27. The van der Waals surface area contributed by atoms with Crippen LogP contribution in [-0.4, -0.2) is 29.3 Å². The van der Waals surface area contributed by atoms with Crippen LogP contribution in [0.25, 0.3) is 0 Å². The molecule has 1 aromatic carbocycles. The lowest BCUT2D eigenvalue weighted by Gasteiger charge is -2.28. The molecule has 20 heavy (non-hydrogen) atoms. The van der Waals surface area contributed by atoms with Crippen LogP contribution in [0.1, 0.15) is 47.2 Å². The molecule has 1 fully saturated rings. The predicted octanol–water partition coefficient (Wildman–Crippen LogP) is 3.34. The topological polar surface area (TPSA) is 29.5 Å². The van der Waals surface area contributed by atoms with Crippen LogP contribution in [0.5, 0.6) is 0 Å². The molecule has 0 bridgehead atoms. The molecule has 108 valence electrons. The summed E-state index contributed by atoms with van der Waals surface area (Å²) in [5, 5.41) is 0. The number of ether oxygens (including phenoxy) is 1. The van der Waals surface area contributed by atoms with Crippen molar-refractivity contribution in [2.75, 3.05) is 12.4 Å². The first-order chi connectivity index (χ1) is 9.79. The highest BCUT2D eigenvalue weighted by atomic mass is 35.5. The largest absolute Gasteiger partial charge is 0.372 e. The van der Waals surface area contributed by atoms with Gasteiger partial charge in [0, 0.05) is 24.0 Å². The Morgan fingerprint density at radius 3 is 2.95 bits per heavy atom. The van der Waals surface area contributed by atoms with Crippen molar-refractivity contribution >= 4 is 17.5 Å². The number of rotatable bonds is 2. The first kappa shape index (κ1) is 13.9. The van der Waals surface area contributed by atoms with E-state index in [9.17, 15) is 4.79 Å². The molecule has 0 aliphatic carbocycles. The van der Waals surface area contributed by atoms with Crippen LogP contribution in [-0.2, 0) is 18.0 Å². The van der Waals surface area contributed by atoms with E-state index in [1.165, 1.54) is 18.4 Å². The molecule has 1 amide bonds. The normalized spacial score (nSPS) is 22.4. The molecule has 3 nitrogen and oxygen atoms in total. The first-order valence-corrected chi connectivity index (χ1v) is 7.89. The molecule has 0 N–H and O–H groups in total. The standard InChI is InChI=1S/C16H20ClNO2/c17-9-15-4-2-1-3-7-18(15)16(19)12-5-6-13-10-20-11-14(13)8-12/h5-6,8,15H,1-4,7,9-11H2. The summed E-state index contributed by atoms with van der Waals surface area (Å²) in [5.41, 5.74) is 3.12. The van der Waals surface area contributed by atoms with E-state index in [1.807, 2.05) is 23.1 Å². The Morgan fingerprint density at radius 1 is 1.25 bits per heavy atom. The van der Waals surface area contributed by atoms with E-state index in [4.69, 9.17) is 16.3 Å². The number of carbonyl (C=O) groups excluding carboxylic acids is 1. The Morgan fingerprint density at radius 2 is 2.10 bits per heavy atom. The smallest absolute Gasteiger partial charge is 0.254 e.